The molecule has 0 saturated heterocycles. The van der Waals surface area contributed by atoms with E-state index in [0.29, 0.717) is 5.56 Å². The molecule has 1 heterocycles. The van der Waals surface area contributed by atoms with E-state index in [2.05, 4.69) is 4.98 Å². The maximum atomic E-state index is 11.0. The molecule has 4 heteroatoms. The van der Waals surface area contributed by atoms with Crippen molar-refractivity contribution in [2.24, 2.45) is 0 Å². The van der Waals surface area contributed by atoms with E-state index < -0.39 is 5.97 Å². The summed E-state index contributed by atoms with van der Waals surface area (Å²) in [5.74, 6) is -1.01. The minimum absolute atomic E-state index is 0.149. The first-order valence-corrected chi connectivity index (χ1v) is 5.00. The molecule has 0 spiro atoms. The van der Waals surface area contributed by atoms with E-state index in [4.69, 9.17) is 16.7 Å². The lowest BCUT2D eigenvalue weighted by Gasteiger charge is -2.05. The second-order valence-corrected chi connectivity index (χ2v) is 3.61. The minimum atomic E-state index is -1.01. The molecule has 1 aromatic heterocycles. The lowest BCUT2D eigenvalue weighted by atomic mass is 10.0. The van der Waals surface area contributed by atoms with E-state index >= 15 is 0 Å². The van der Waals surface area contributed by atoms with Gasteiger partial charge in [-0.05, 0) is 11.6 Å². The molecular weight excluding hydrogens is 226 g/mol. The first-order valence-electron chi connectivity index (χ1n) is 4.63. The van der Waals surface area contributed by atoms with Crippen LogP contribution in [0.2, 0.25) is 5.15 Å². The molecule has 1 aromatic carbocycles. The summed E-state index contributed by atoms with van der Waals surface area (Å²) in [5, 5.41) is 9.32. The number of rotatable bonds is 2. The number of halogens is 1. The highest BCUT2D eigenvalue weighted by molar-refractivity contribution is 6.29. The van der Waals surface area contributed by atoms with E-state index in [1.165, 1.54) is 6.20 Å². The van der Waals surface area contributed by atoms with Crippen molar-refractivity contribution in [1.29, 1.82) is 0 Å². The maximum Gasteiger partial charge on any atom is 0.337 e. The maximum absolute atomic E-state index is 11.0. The molecule has 0 aliphatic carbocycles. The first-order chi connectivity index (χ1) is 7.68. The number of carboxylic acids is 1. The smallest absolute Gasteiger partial charge is 0.337 e. The summed E-state index contributed by atoms with van der Waals surface area (Å²) < 4.78 is 0. The Labute approximate surface area is 97.3 Å². The number of hydrogen-bond acceptors (Lipinski definition) is 2. The number of aromatic carboxylic acids is 1. The van der Waals surface area contributed by atoms with Gasteiger partial charge in [-0.15, -0.1) is 0 Å². The van der Waals surface area contributed by atoms with Gasteiger partial charge in [0.2, 0.25) is 0 Å². The van der Waals surface area contributed by atoms with E-state index in [-0.39, 0.29) is 10.7 Å². The highest BCUT2D eigenvalue weighted by Crippen LogP contribution is 2.25. The molecule has 80 valence electrons. The molecule has 2 rings (SSSR count). The third kappa shape index (κ3) is 2.04. The van der Waals surface area contributed by atoms with Crippen molar-refractivity contribution < 1.29 is 9.90 Å². The second-order valence-electron chi connectivity index (χ2n) is 3.22. The van der Waals surface area contributed by atoms with Gasteiger partial charge in [-0.1, -0.05) is 41.9 Å². The van der Waals surface area contributed by atoms with Gasteiger partial charge in [0.25, 0.3) is 0 Å². The Balaban J connectivity index is 2.63. The van der Waals surface area contributed by atoms with Gasteiger partial charge in [0.15, 0.2) is 0 Å². The van der Waals surface area contributed by atoms with Crippen LogP contribution < -0.4 is 0 Å². The van der Waals surface area contributed by atoms with Crippen LogP contribution in [0.25, 0.3) is 11.1 Å². The summed E-state index contributed by atoms with van der Waals surface area (Å²) in [6.07, 6.45) is 1.27. The summed E-state index contributed by atoms with van der Waals surface area (Å²) in [6.45, 7) is 0. The van der Waals surface area contributed by atoms with E-state index in [1.54, 1.807) is 6.07 Å². The van der Waals surface area contributed by atoms with Crippen LogP contribution >= 0.6 is 11.6 Å². The van der Waals surface area contributed by atoms with Gasteiger partial charge in [0.1, 0.15) is 5.15 Å². The quantitative estimate of drug-likeness (QED) is 0.811. The predicted octanol–water partition coefficient (Wildman–Crippen LogP) is 3.10. The molecule has 0 fully saturated rings. The molecule has 0 bridgehead atoms. The zero-order valence-electron chi connectivity index (χ0n) is 8.22. The fourth-order valence-corrected chi connectivity index (χ4v) is 1.61. The number of carbonyl (C=O) groups is 1. The highest BCUT2D eigenvalue weighted by Gasteiger charge is 2.12. The molecule has 0 radical (unpaired) electrons. The predicted molar refractivity (Wildman–Crippen MR) is 61.6 cm³/mol. The third-order valence-electron chi connectivity index (χ3n) is 2.19. The Morgan fingerprint density at radius 2 is 1.94 bits per heavy atom. The summed E-state index contributed by atoms with van der Waals surface area (Å²) in [7, 11) is 0. The molecule has 0 saturated carbocycles. The Morgan fingerprint density at radius 3 is 2.56 bits per heavy atom. The lowest BCUT2D eigenvalue weighted by Crippen LogP contribution is -2.00. The van der Waals surface area contributed by atoms with Crippen molar-refractivity contribution >= 4 is 17.6 Å². The fraction of sp³-hybridized carbons (Fsp3) is 0. The van der Waals surface area contributed by atoms with Crippen LogP contribution in [0.4, 0.5) is 0 Å². The number of benzene rings is 1. The topological polar surface area (TPSA) is 50.2 Å². The van der Waals surface area contributed by atoms with Crippen LogP contribution in [-0.2, 0) is 0 Å². The van der Waals surface area contributed by atoms with Crippen LogP contribution in [0.3, 0.4) is 0 Å². The second kappa shape index (κ2) is 4.33. The SMILES string of the molecule is O=C(O)c1cnc(Cl)cc1-c1ccccc1. The Morgan fingerprint density at radius 1 is 1.25 bits per heavy atom. The molecular formula is C12H8ClNO2. The number of carboxylic acid groups (broad SMARTS) is 1. The molecule has 0 aliphatic rings. The van der Waals surface area contributed by atoms with Crippen molar-refractivity contribution in [3.8, 4) is 11.1 Å². The third-order valence-corrected chi connectivity index (χ3v) is 2.39. The van der Waals surface area contributed by atoms with Crippen LogP contribution in [0.5, 0.6) is 0 Å². The highest BCUT2D eigenvalue weighted by atomic mass is 35.5. The van der Waals surface area contributed by atoms with Gasteiger partial charge < -0.3 is 5.11 Å². The van der Waals surface area contributed by atoms with E-state index in [0.717, 1.165) is 5.56 Å². The molecule has 3 nitrogen and oxygen atoms in total. The van der Waals surface area contributed by atoms with Crippen molar-refractivity contribution in [1.82, 2.24) is 4.98 Å². The molecule has 0 atom stereocenters. The van der Waals surface area contributed by atoms with Crippen LogP contribution in [0.1, 0.15) is 10.4 Å². The van der Waals surface area contributed by atoms with Gasteiger partial charge in [0, 0.05) is 11.8 Å². The molecule has 16 heavy (non-hydrogen) atoms. The largest absolute Gasteiger partial charge is 0.478 e. The summed E-state index contributed by atoms with van der Waals surface area (Å²) in [5.41, 5.74) is 1.54. The van der Waals surface area contributed by atoms with Crippen LogP contribution in [0.15, 0.2) is 42.6 Å². The summed E-state index contributed by atoms with van der Waals surface area (Å²) in [6, 6.07) is 10.8. The Kier molecular flexibility index (Phi) is 2.88. The molecule has 0 aliphatic heterocycles. The standard InChI is InChI=1S/C12H8ClNO2/c13-11-6-9(8-4-2-1-3-5-8)10(7-14-11)12(15)16/h1-7H,(H,15,16). The molecule has 2 aromatic rings. The minimum Gasteiger partial charge on any atom is -0.478 e. The summed E-state index contributed by atoms with van der Waals surface area (Å²) in [4.78, 5) is 14.8. The van der Waals surface area contributed by atoms with E-state index in [1.807, 2.05) is 30.3 Å². The first kappa shape index (κ1) is 10.6. The van der Waals surface area contributed by atoms with Crippen molar-refractivity contribution in [2.45, 2.75) is 0 Å². The summed E-state index contributed by atoms with van der Waals surface area (Å²) >= 11 is 5.77. The fourth-order valence-electron chi connectivity index (χ4n) is 1.46. The number of pyridine rings is 1. The number of aromatic nitrogens is 1. The molecule has 0 unspecified atom stereocenters. The van der Waals surface area contributed by atoms with Gasteiger partial charge in [0.05, 0.1) is 5.56 Å². The Hall–Kier alpha value is -1.87. The van der Waals surface area contributed by atoms with Gasteiger partial charge in [-0.2, -0.15) is 0 Å². The van der Waals surface area contributed by atoms with Crippen LogP contribution in [0, 0.1) is 0 Å². The molecule has 0 amide bonds. The monoisotopic (exact) mass is 233 g/mol. The van der Waals surface area contributed by atoms with Crippen molar-refractivity contribution in [3.63, 3.8) is 0 Å². The normalized spacial score (nSPS) is 10.1. The lowest BCUT2D eigenvalue weighted by molar-refractivity contribution is 0.0697. The number of nitrogens with zero attached hydrogens (tertiary/aromatic N) is 1. The average molecular weight is 234 g/mol. The van der Waals surface area contributed by atoms with Gasteiger partial charge in [-0.3, -0.25) is 0 Å². The zero-order valence-corrected chi connectivity index (χ0v) is 8.98. The van der Waals surface area contributed by atoms with Gasteiger partial charge >= 0.3 is 5.97 Å². The van der Waals surface area contributed by atoms with Crippen molar-refractivity contribution in [2.75, 3.05) is 0 Å². The van der Waals surface area contributed by atoms with Crippen molar-refractivity contribution in [3.05, 3.63) is 53.3 Å². The van der Waals surface area contributed by atoms with Crippen LogP contribution in [-0.4, -0.2) is 16.1 Å². The van der Waals surface area contributed by atoms with E-state index in [9.17, 15) is 4.79 Å². The zero-order chi connectivity index (χ0) is 11.5. The average Bonchev–Trinajstić information content (AvgIpc) is 2.29. The number of hydrogen-bond donors (Lipinski definition) is 1. The van der Waals surface area contributed by atoms with Gasteiger partial charge in [-0.25, -0.2) is 9.78 Å². The Bertz CT molecular complexity index is 526. The molecule has 1 N–H and O–H groups in total.